The van der Waals surface area contributed by atoms with Gasteiger partial charge in [-0.05, 0) is 0 Å². The number of esters is 1. The monoisotopic (exact) mass is 135 g/mol. The van der Waals surface area contributed by atoms with Crippen molar-refractivity contribution in [3.63, 3.8) is 0 Å². The van der Waals surface area contributed by atoms with E-state index in [1.807, 2.05) is 0 Å². The summed E-state index contributed by atoms with van der Waals surface area (Å²) in [6.07, 6.45) is 0. The van der Waals surface area contributed by atoms with Gasteiger partial charge in [0.1, 0.15) is 0 Å². The Morgan fingerprint density at radius 3 is 2.89 bits per heavy atom. The molecule has 0 saturated heterocycles. The average molecular weight is 135 g/mol. The molecule has 0 aliphatic heterocycles. The van der Waals surface area contributed by atoms with E-state index in [1.54, 1.807) is 0 Å². The lowest BCUT2D eigenvalue weighted by molar-refractivity contribution is -0.136. The standard InChI is InChI=1S/C5H6O4/c1-9-5(8)3-2-4(6)7/h2-3H,1H3,(H,6,7)/b3-2+/i1D3,2D,3D. The van der Waals surface area contributed by atoms with Crippen LogP contribution in [0.2, 0.25) is 0 Å². The average Bonchev–Trinajstić information content (AvgIpc) is 1.98. The summed E-state index contributed by atoms with van der Waals surface area (Å²) in [7, 11) is -3.05. The molecule has 0 unspecified atom stereocenters. The summed E-state index contributed by atoms with van der Waals surface area (Å²) >= 11 is 0. The molecule has 0 atom stereocenters. The Morgan fingerprint density at radius 2 is 2.44 bits per heavy atom. The van der Waals surface area contributed by atoms with Crippen LogP contribution in [0.5, 0.6) is 0 Å². The molecule has 0 bridgehead atoms. The molecule has 0 saturated carbocycles. The Kier molecular flexibility index (Phi) is 1.02. The number of carboxylic acid groups (broad SMARTS) is 1. The molecule has 4 heteroatoms. The molecular formula is C5H6O4. The van der Waals surface area contributed by atoms with Gasteiger partial charge in [0, 0.05) is 12.1 Å². The molecule has 0 radical (unpaired) electrons. The molecular weight excluding hydrogens is 124 g/mol. The lowest BCUT2D eigenvalue weighted by Crippen LogP contribution is -1.96. The smallest absolute Gasteiger partial charge is 0.330 e. The van der Waals surface area contributed by atoms with Crippen molar-refractivity contribution < 1.29 is 26.3 Å². The Morgan fingerprint density at radius 1 is 1.78 bits per heavy atom. The highest BCUT2D eigenvalue weighted by molar-refractivity contribution is 5.90. The molecule has 9 heavy (non-hydrogen) atoms. The second-order valence-corrected chi connectivity index (χ2v) is 0.945. The van der Waals surface area contributed by atoms with Crippen molar-refractivity contribution in [2.24, 2.45) is 0 Å². The van der Waals surface area contributed by atoms with Gasteiger partial charge in [0.05, 0.1) is 13.9 Å². The van der Waals surface area contributed by atoms with E-state index in [-0.39, 0.29) is 0 Å². The van der Waals surface area contributed by atoms with E-state index >= 15 is 0 Å². The van der Waals surface area contributed by atoms with Crippen LogP contribution in [0.15, 0.2) is 12.1 Å². The number of ether oxygens (including phenoxy) is 1. The van der Waals surface area contributed by atoms with Crippen LogP contribution in [0.3, 0.4) is 0 Å². The minimum Gasteiger partial charge on any atom is -0.478 e. The van der Waals surface area contributed by atoms with Gasteiger partial charge in [-0.15, -0.1) is 0 Å². The minimum atomic E-state index is -3.05. The summed E-state index contributed by atoms with van der Waals surface area (Å²) in [4.78, 5) is 20.8. The number of carboxylic acids is 1. The molecule has 0 aromatic carbocycles. The van der Waals surface area contributed by atoms with Gasteiger partial charge in [-0.1, -0.05) is 0 Å². The van der Waals surface area contributed by atoms with E-state index in [4.69, 9.17) is 12.0 Å². The second-order valence-electron chi connectivity index (χ2n) is 0.945. The first-order chi connectivity index (χ1) is 6.15. The van der Waals surface area contributed by atoms with Gasteiger partial charge in [0.15, 0.2) is 0 Å². The van der Waals surface area contributed by atoms with Crippen LogP contribution in [-0.4, -0.2) is 24.1 Å². The molecule has 0 aromatic heterocycles. The largest absolute Gasteiger partial charge is 0.478 e. The van der Waals surface area contributed by atoms with Crippen LogP contribution in [-0.2, 0) is 14.3 Å². The van der Waals surface area contributed by atoms with Crippen LogP contribution in [0.25, 0.3) is 0 Å². The van der Waals surface area contributed by atoms with E-state index < -0.39 is 31.1 Å². The molecule has 0 aliphatic rings. The third kappa shape index (κ3) is 4.53. The van der Waals surface area contributed by atoms with Crippen molar-refractivity contribution in [2.45, 2.75) is 0 Å². The fourth-order valence-corrected chi connectivity index (χ4v) is 0.130. The minimum absolute atomic E-state index is 1.31. The second kappa shape index (κ2) is 3.65. The zero-order chi connectivity index (χ0) is 11.5. The molecule has 0 aliphatic carbocycles. The van der Waals surface area contributed by atoms with Gasteiger partial charge in [0.25, 0.3) is 0 Å². The first kappa shape index (κ1) is 2.51. The van der Waals surface area contributed by atoms with Crippen LogP contribution in [0.1, 0.15) is 6.85 Å². The third-order valence-electron chi connectivity index (χ3n) is 0.364. The van der Waals surface area contributed by atoms with Crippen molar-refractivity contribution in [2.75, 3.05) is 7.04 Å². The third-order valence-corrected chi connectivity index (χ3v) is 0.364. The van der Waals surface area contributed by atoms with E-state index in [9.17, 15) is 9.59 Å². The van der Waals surface area contributed by atoms with Gasteiger partial charge in [-0.25, -0.2) is 9.59 Å². The van der Waals surface area contributed by atoms with Crippen molar-refractivity contribution in [1.29, 1.82) is 0 Å². The van der Waals surface area contributed by atoms with Crippen LogP contribution < -0.4 is 0 Å². The Labute approximate surface area is 58.8 Å². The van der Waals surface area contributed by atoms with Crippen LogP contribution in [0.4, 0.5) is 0 Å². The zero-order valence-electron chi connectivity index (χ0n) is 9.17. The van der Waals surface area contributed by atoms with E-state index in [1.165, 1.54) is 0 Å². The molecule has 1 N–H and O–H groups in total. The van der Waals surface area contributed by atoms with Crippen molar-refractivity contribution in [3.8, 4) is 0 Å². The summed E-state index contributed by atoms with van der Waals surface area (Å²) in [5.74, 6) is -3.48. The van der Waals surface area contributed by atoms with Gasteiger partial charge in [-0.2, -0.15) is 0 Å². The molecule has 4 nitrogen and oxygen atoms in total. The summed E-state index contributed by atoms with van der Waals surface area (Å²) < 4.78 is 36.6. The maximum absolute atomic E-state index is 10.7. The quantitative estimate of drug-likeness (QED) is 0.420. The molecule has 50 valence electrons. The molecule has 0 heterocycles. The number of hydrogen-bond donors (Lipinski definition) is 1. The fourth-order valence-electron chi connectivity index (χ4n) is 0.130. The van der Waals surface area contributed by atoms with E-state index in [0.717, 1.165) is 0 Å². The zero-order valence-corrected chi connectivity index (χ0v) is 4.17. The summed E-state index contributed by atoms with van der Waals surface area (Å²) in [6, 6.07) is -2.63. The number of hydrogen-bond acceptors (Lipinski definition) is 3. The molecule has 0 rings (SSSR count). The predicted octanol–water partition coefficient (Wildman–Crippen LogP) is -0.200. The topological polar surface area (TPSA) is 63.6 Å². The highest BCUT2D eigenvalue weighted by Crippen LogP contribution is 1.76. The first-order valence-corrected chi connectivity index (χ1v) is 1.79. The number of methoxy groups -OCH3 is 1. The molecule has 0 aromatic rings. The normalized spacial score (nSPS) is 21.1. The van der Waals surface area contributed by atoms with Crippen LogP contribution in [0, 0.1) is 0 Å². The van der Waals surface area contributed by atoms with E-state index in [2.05, 4.69) is 4.74 Å². The number of carbonyl (C=O) groups is 2. The van der Waals surface area contributed by atoms with Crippen LogP contribution >= 0.6 is 0 Å². The summed E-state index contributed by atoms with van der Waals surface area (Å²) in [5.41, 5.74) is 0. The Hall–Kier alpha value is -1.32. The molecule has 0 amide bonds. The SMILES string of the molecule is [2H]/C(C(=O)O)=C(/[2H])C(=O)OC([2H])([2H])[2H]. The maximum atomic E-state index is 10.7. The lowest BCUT2D eigenvalue weighted by atomic mass is 10.5. The maximum Gasteiger partial charge on any atom is 0.330 e. The molecule has 0 fully saturated rings. The number of carbonyl (C=O) groups excluding carboxylic acids is 1. The van der Waals surface area contributed by atoms with Gasteiger partial charge in [-0.3, -0.25) is 0 Å². The summed E-state index contributed by atoms with van der Waals surface area (Å²) in [6.45, 7) is 0. The van der Waals surface area contributed by atoms with E-state index in [0.29, 0.717) is 0 Å². The Bertz CT molecular complexity index is 291. The van der Waals surface area contributed by atoms with Gasteiger partial charge in [0.2, 0.25) is 0 Å². The lowest BCUT2D eigenvalue weighted by Gasteiger charge is -1.85. The summed E-state index contributed by atoms with van der Waals surface area (Å²) in [5, 5.41) is 8.19. The molecule has 0 spiro atoms. The number of aliphatic carboxylic acids is 1. The highest BCUT2D eigenvalue weighted by atomic mass is 16.5. The van der Waals surface area contributed by atoms with Gasteiger partial charge >= 0.3 is 11.9 Å². The van der Waals surface area contributed by atoms with Gasteiger partial charge < -0.3 is 9.84 Å². The van der Waals surface area contributed by atoms with Crippen molar-refractivity contribution in [1.82, 2.24) is 0 Å². The Balaban J connectivity index is 4.72. The highest BCUT2D eigenvalue weighted by Gasteiger charge is 1.91. The number of rotatable bonds is 2. The van der Waals surface area contributed by atoms with Crippen molar-refractivity contribution in [3.05, 3.63) is 12.1 Å². The fraction of sp³-hybridized carbons (Fsp3) is 0.200. The first-order valence-electron chi connectivity index (χ1n) is 4.29. The van der Waals surface area contributed by atoms with Crippen molar-refractivity contribution >= 4 is 11.9 Å². The predicted molar refractivity (Wildman–Crippen MR) is 28.8 cm³/mol.